The van der Waals surface area contributed by atoms with E-state index in [0.717, 1.165) is 22.7 Å². The maximum absolute atomic E-state index is 4.23. The Balaban J connectivity index is 1.38. The lowest BCUT2D eigenvalue weighted by Gasteiger charge is -2.18. The molecule has 1 fully saturated rings. The van der Waals surface area contributed by atoms with Crippen molar-refractivity contribution in [3.63, 3.8) is 0 Å². The van der Waals surface area contributed by atoms with Crippen LogP contribution in [-0.4, -0.2) is 18.1 Å². The molecule has 0 amide bonds. The zero-order chi connectivity index (χ0) is 17.6. The third-order valence-electron chi connectivity index (χ3n) is 4.42. The Labute approximate surface area is 153 Å². The predicted octanol–water partition coefficient (Wildman–Crippen LogP) is 5.84. The van der Waals surface area contributed by atoms with Gasteiger partial charge in [0.2, 0.25) is 0 Å². The normalized spacial score (nSPS) is 14.1. The second-order valence-electron chi connectivity index (χ2n) is 6.32. The summed E-state index contributed by atoms with van der Waals surface area (Å²) in [5, 5.41) is 11.8. The average molecular weight is 343 g/mol. The van der Waals surface area contributed by atoms with Gasteiger partial charge in [0, 0.05) is 36.3 Å². The number of anilines is 3. The molecular formula is C21H21N5. The Kier molecular flexibility index (Phi) is 4.87. The van der Waals surface area contributed by atoms with Crippen molar-refractivity contribution in [3.8, 4) is 0 Å². The first-order chi connectivity index (χ1) is 12.9. The molecule has 26 heavy (non-hydrogen) atoms. The lowest BCUT2D eigenvalue weighted by atomic mass is 10.2. The molecule has 0 atom stereocenters. The van der Waals surface area contributed by atoms with Gasteiger partial charge in [0.15, 0.2) is 0 Å². The first-order valence-corrected chi connectivity index (χ1v) is 8.91. The number of rotatable bonds is 5. The van der Waals surface area contributed by atoms with Crippen LogP contribution in [0.2, 0.25) is 0 Å². The quantitative estimate of drug-likeness (QED) is 0.592. The highest BCUT2D eigenvalue weighted by Crippen LogP contribution is 2.25. The topological polar surface area (TPSA) is 52.9 Å². The van der Waals surface area contributed by atoms with Gasteiger partial charge in [-0.2, -0.15) is 5.11 Å². The highest BCUT2D eigenvalue weighted by Gasteiger charge is 2.11. The molecule has 5 nitrogen and oxygen atoms in total. The van der Waals surface area contributed by atoms with Crippen LogP contribution in [0.25, 0.3) is 0 Å². The van der Waals surface area contributed by atoms with Gasteiger partial charge in [0.1, 0.15) is 5.69 Å². The lowest BCUT2D eigenvalue weighted by Crippen LogP contribution is -2.17. The van der Waals surface area contributed by atoms with Gasteiger partial charge in [0.25, 0.3) is 0 Å². The van der Waals surface area contributed by atoms with Crippen molar-refractivity contribution < 1.29 is 0 Å². The second-order valence-corrected chi connectivity index (χ2v) is 6.32. The summed E-state index contributed by atoms with van der Waals surface area (Å²) in [6.07, 6.45) is 6.00. The van der Waals surface area contributed by atoms with Crippen molar-refractivity contribution in [2.24, 2.45) is 10.2 Å². The van der Waals surface area contributed by atoms with E-state index in [-0.39, 0.29) is 0 Å². The van der Waals surface area contributed by atoms with E-state index in [1.807, 2.05) is 36.4 Å². The fourth-order valence-corrected chi connectivity index (χ4v) is 3.04. The number of benzene rings is 2. The van der Waals surface area contributed by atoms with Crippen molar-refractivity contribution in [3.05, 3.63) is 73.1 Å². The van der Waals surface area contributed by atoms with E-state index in [2.05, 4.69) is 49.7 Å². The standard InChI is InChI=1S/C21H21N5/c1-2-15-26(14-1)21-11-9-18(10-12-21)23-17-5-7-19(8-6-17)24-25-20-4-3-13-22-16-20/h3-13,16,23H,1-2,14-15H2. The summed E-state index contributed by atoms with van der Waals surface area (Å²) in [6, 6.07) is 20.2. The number of pyridine rings is 1. The van der Waals surface area contributed by atoms with Crippen LogP contribution in [0.15, 0.2) is 83.3 Å². The summed E-state index contributed by atoms with van der Waals surface area (Å²) in [5.74, 6) is 0. The molecule has 1 aromatic heterocycles. The van der Waals surface area contributed by atoms with Crippen LogP contribution < -0.4 is 10.2 Å². The van der Waals surface area contributed by atoms with E-state index in [1.165, 1.54) is 31.6 Å². The van der Waals surface area contributed by atoms with Crippen molar-refractivity contribution >= 4 is 28.4 Å². The third-order valence-corrected chi connectivity index (χ3v) is 4.42. The summed E-state index contributed by atoms with van der Waals surface area (Å²) in [7, 11) is 0. The third kappa shape index (κ3) is 4.06. The minimum Gasteiger partial charge on any atom is -0.372 e. The van der Waals surface area contributed by atoms with Gasteiger partial charge in [-0.15, -0.1) is 5.11 Å². The Bertz CT molecular complexity index is 851. The fraction of sp³-hybridized carbons (Fsp3) is 0.190. The largest absolute Gasteiger partial charge is 0.372 e. The van der Waals surface area contributed by atoms with Crippen LogP contribution in [0.5, 0.6) is 0 Å². The highest BCUT2D eigenvalue weighted by atomic mass is 15.1. The molecule has 2 aromatic carbocycles. The molecule has 0 aliphatic carbocycles. The predicted molar refractivity (Wildman–Crippen MR) is 106 cm³/mol. The summed E-state index contributed by atoms with van der Waals surface area (Å²) < 4.78 is 0. The summed E-state index contributed by atoms with van der Waals surface area (Å²) in [6.45, 7) is 2.34. The zero-order valence-corrected chi connectivity index (χ0v) is 14.5. The van der Waals surface area contributed by atoms with Crippen LogP contribution in [0.1, 0.15) is 12.8 Å². The number of nitrogens with zero attached hydrogens (tertiary/aromatic N) is 4. The first kappa shape index (κ1) is 16.3. The van der Waals surface area contributed by atoms with Gasteiger partial charge in [-0.1, -0.05) is 0 Å². The Morgan fingerprint density at radius 2 is 1.42 bits per heavy atom. The molecule has 0 bridgehead atoms. The van der Waals surface area contributed by atoms with Crippen LogP contribution in [0.3, 0.4) is 0 Å². The zero-order valence-electron chi connectivity index (χ0n) is 14.5. The van der Waals surface area contributed by atoms with Crippen LogP contribution in [0.4, 0.5) is 28.4 Å². The van der Waals surface area contributed by atoms with Crippen LogP contribution in [0, 0.1) is 0 Å². The lowest BCUT2D eigenvalue weighted by molar-refractivity contribution is 0.949. The molecule has 0 unspecified atom stereocenters. The number of nitrogens with one attached hydrogen (secondary N) is 1. The van der Waals surface area contributed by atoms with Gasteiger partial charge in [-0.05, 0) is 73.5 Å². The van der Waals surface area contributed by atoms with Gasteiger partial charge < -0.3 is 10.2 Å². The molecule has 1 aliphatic rings. The van der Waals surface area contributed by atoms with E-state index < -0.39 is 0 Å². The van der Waals surface area contributed by atoms with Crippen molar-refractivity contribution in [2.45, 2.75) is 12.8 Å². The Morgan fingerprint density at radius 1 is 0.769 bits per heavy atom. The van der Waals surface area contributed by atoms with E-state index in [9.17, 15) is 0 Å². The summed E-state index contributed by atoms with van der Waals surface area (Å²) >= 11 is 0. The molecule has 5 heteroatoms. The fourth-order valence-electron chi connectivity index (χ4n) is 3.04. The monoisotopic (exact) mass is 343 g/mol. The van der Waals surface area contributed by atoms with Gasteiger partial charge >= 0.3 is 0 Å². The van der Waals surface area contributed by atoms with E-state index in [0.29, 0.717) is 0 Å². The van der Waals surface area contributed by atoms with E-state index in [1.54, 1.807) is 12.4 Å². The smallest absolute Gasteiger partial charge is 0.104 e. The van der Waals surface area contributed by atoms with E-state index in [4.69, 9.17) is 0 Å². The molecule has 2 heterocycles. The van der Waals surface area contributed by atoms with Crippen molar-refractivity contribution in [1.29, 1.82) is 0 Å². The van der Waals surface area contributed by atoms with Gasteiger partial charge in [0.05, 0.1) is 11.9 Å². The summed E-state index contributed by atoms with van der Waals surface area (Å²) in [5.41, 5.74) is 4.97. The maximum atomic E-state index is 4.23. The molecule has 1 aliphatic heterocycles. The second kappa shape index (κ2) is 7.78. The average Bonchev–Trinajstić information content (AvgIpc) is 3.24. The molecule has 130 valence electrons. The summed E-state index contributed by atoms with van der Waals surface area (Å²) in [4.78, 5) is 6.46. The number of aromatic nitrogens is 1. The molecular weight excluding hydrogens is 322 g/mol. The Morgan fingerprint density at radius 3 is 2.08 bits per heavy atom. The molecule has 0 saturated carbocycles. The van der Waals surface area contributed by atoms with Crippen LogP contribution in [-0.2, 0) is 0 Å². The molecule has 3 aromatic rings. The molecule has 0 radical (unpaired) electrons. The van der Waals surface area contributed by atoms with Crippen molar-refractivity contribution in [1.82, 2.24) is 4.98 Å². The van der Waals surface area contributed by atoms with Gasteiger partial charge in [-0.3, -0.25) is 4.98 Å². The molecule has 1 N–H and O–H groups in total. The van der Waals surface area contributed by atoms with E-state index >= 15 is 0 Å². The molecule has 4 rings (SSSR count). The molecule has 0 spiro atoms. The van der Waals surface area contributed by atoms with Crippen LogP contribution >= 0.6 is 0 Å². The minimum atomic E-state index is 0.743. The molecule has 1 saturated heterocycles. The minimum absolute atomic E-state index is 0.743. The maximum Gasteiger partial charge on any atom is 0.104 e. The first-order valence-electron chi connectivity index (χ1n) is 8.91. The Hall–Kier alpha value is -3.21. The number of hydrogen-bond donors (Lipinski definition) is 1. The number of hydrogen-bond acceptors (Lipinski definition) is 5. The number of azo groups is 1. The van der Waals surface area contributed by atoms with Crippen molar-refractivity contribution in [2.75, 3.05) is 23.3 Å². The van der Waals surface area contributed by atoms with Gasteiger partial charge in [-0.25, -0.2) is 0 Å². The SMILES string of the molecule is c1cncc(N=Nc2ccc(Nc3ccc(N4CCCC4)cc3)cc2)c1. The highest BCUT2D eigenvalue weighted by molar-refractivity contribution is 5.64.